The second-order valence-electron chi connectivity index (χ2n) is 5.98. The molecule has 19 heavy (non-hydrogen) atoms. The summed E-state index contributed by atoms with van der Waals surface area (Å²) in [6, 6.07) is 0. The molecule has 1 fully saturated rings. The molecule has 1 aliphatic rings. The highest BCUT2D eigenvalue weighted by atomic mass is 31.2. The van der Waals surface area contributed by atoms with Crippen LogP contribution in [-0.2, 0) is 9.36 Å². The van der Waals surface area contributed by atoms with E-state index in [1.807, 2.05) is 13.8 Å². The lowest BCUT2D eigenvalue weighted by Crippen LogP contribution is -2.12. The Morgan fingerprint density at radius 1 is 1.32 bits per heavy atom. The van der Waals surface area contributed by atoms with Crippen LogP contribution in [0.25, 0.3) is 0 Å². The van der Waals surface area contributed by atoms with E-state index in [4.69, 9.17) is 0 Å². The zero-order valence-electron chi connectivity index (χ0n) is 11.8. The molecular formula is C14H25O4P. The first-order valence-corrected chi connectivity index (χ1v) is 9.08. The van der Waals surface area contributed by atoms with Crippen LogP contribution in [0.4, 0.5) is 0 Å². The van der Waals surface area contributed by atoms with Crippen molar-refractivity contribution in [3.05, 3.63) is 11.6 Å². The molecule has 0 amide bonds. The van der Waals surface area contributed by atoms with Crippen molar-refractivity contribution in [1.29, 1.82) is 0 Å². The monoisotopic (exact) mass is 288 g/mol. The fraction of sp³-hybridized carbons (Fsp3) is 0.786. The summed E-state index contributed by atoms with van der Waals surface area (Å²) in [5, 5.41) is 9.20. The summed E-state index contributed by atoms with van der Waals surface area (Å²) < 4.78 is 12.0. The van der Waals surface area contributed by atoms with Crippen molar-refractivity contribution >= 4 is 13.3 Å². The summed E-state index contributed by atoms with van der Waals surface area (Å²) >= 11 is 0. The number of carbonyl (C=O) groups is 1. The van der Waals surface area contributed by atoms with E-state index in [0.29, 0.717) is 0 Å². The number of allylic oxidation sites excluding steroid dienone is 1. The van der Waals surface area contributed by atoms with Gasteiger partial charge in [0.25, 0.3) is 0 Å². The van der Waals surface area contributed by atoms with Gasteiger partial charge in [-0.1, -0.05) is 39.2 Å². The van der Waals surface area contributed by atoms with Crippen LogP contribution in [0, 0.1) is 11.8 Å². The molecular weight excluding hydrogens is 263 g/mol. The predicted molar refractivity (Wildman–Crippen MR) is 76.7 cm³/mol. The van der Waals surface area contributed by atoms with Crippen LogP contribution in [0.5, 0.6) is 0 Å². The van der Waals surface area contributed by atoms with Gasteiger partial charge in [-0.2, -0.15) is 0 Å². The third-order valence-electron chi connectivity index (χ3n) is 3.43. The normalized spacial score (nSPS) is 21.4. The van der Waals surface area contributed by atoms with E-state index < -0.39 is 13.3 Å². The van der Waals surface area contributed by atoms with E-state index in [1.165, 1.54) is 6.42 Å². The highest BCUT2D eigenvalue weighted by Crippen LogP contribution is 2.44. The number of aliphatic carboxylic acids is 1. The van der Waals surface area contributed by atoms with Crippen molar-refractivity contribution in [3.8, 4) is 0 Å². The molecule has 0 heterocycles. The molecule has 0 radical (unpaired) electrons. The second-order valence-corrected chi connectivity index (χ2v) is 8.35. The van der Waals surface area contributed by atoms with Gasteiger partial charge in [-0.25, -0.2) is 4.79 Å². The summed E-state index contributed by atoms with van der Waals surface area (Å²) in [6.45, 7) is 3.74. The largest absolute Gasteiger partial charge is 0.478 e. The lowest BCUT2D eigenvalue weighted by Gasteiger charge is -2.20. The first kappa shape index (κ1) is 16.5. The summed E-state index contributed by atoms with van der Waals surface area (Å²) in [6.07, 6.45) is 7.16. The average molecular weight is 288 g/mol. The van der Waals surface area contributed by atoms with E-state index in [9.17, 15) is 19.4 Å². The number of carboxylic acid groups (broad SMARTS) is 1. The van der Waals surface area contributed by atoms with Gasteiger partial charge in [0, 0.05) is 11.7 Å². The molecule has 4 nitrogen and oxygen atoms in total. The molecule has 1 atom stereocenters. The third kappa shape index (κ3) is 6.40. The molecule has 1 rings (SSSR count). The summed E-state index contributed by atoms with van der Waals surface area (Å²) in [5.41, 5.74) is 0.124. The minimum Gasteiger partial charge on any atom is -0.478 e. The van der Waals surface area contributed by atoms with Crippen LogP contribution < -0.4 is 0 Å². The maximum atomic E-state index is 12.0. The molecule has 0 aliphatic heterocycles. The predicted octanol–water partition coefficient (Wildman–Crippen LogP) is 3.50. The molecule has 1 aliphatic carbocycles. The zero-order chi connectivity index (χ0) is 14.5. The lowest BCUT2D eigenvalue weighted by atomic mass is 9.88. The molecule has 1 unspecified atom stereocenters. The van der Waals surface area contributed by atoms with Crippen molar-refractivity contribution in [2.24, 2.45) is 11.8 Å². The molecule has 0 aromatic rings. The van der Waals surface area contributed by atoms with Crippen LogP contribution in [0.15, 0.2) is 11.6 Å². The Morgan fingerprint density at radius 2 is 1.89 bits per heavy atom. The summed E-state index contributed by atoms with van der Waals surface area (Å²) in [5.74, 6) is -0.692. The van der Waals surface area contributed by atoms with Crippen LogP contribution in [0.1, 0.15) is 46.0 Å². The first-order valence-electron chi connectivity index (χ1n) is 7.05. The Kier molecular flexibility index (Phi) is 6.28. The van der Waals surface area contributed by atoms with E-state index >= 15 is 0 Å². The van der Waals surface area contributed by atoms with E-state index in [1.54, 1.807) is 6.08 Å². The van der Waals surface area contributed by atoms with Crippen molar-refractivity contribution in [3.63, 3.8) is 0 Å². The molecule has 110 valence electrons. The number of rotatable bonds is 6. The summed E-state index contributed by atoms with van der Waals surface area (Å²) in [7, 11) is -3.38. The highest BCUT2D eigenvalue weighted by Gasteiger charge is 2.25. The fourth-order valence-corrected chi connectivity index (χ4v) is 4.72. The van der Waals surface area contributed by atoms with Gasteiger partial charge >= 0.3 is 5.97 Å². The molecule has 0 aromatic heterocycles. The van der Waals surface area contributed by atoms with Gasteiger partial charge in [-0.15, -0.1) is 0 Å². The topological polar surface area (TPSA) is 74.6 Å². The average Bonchev–Trinajstić information content (AvgIpc) is 2.27. The van der Waals surface area contributed by atoms with Crippen molar-refractivity contribution in [2.75, 3.05) is 12.3 Å². The lowest BCUT2D eigenvalue weighted by molar-refractivity contribution is -0.132. The van der Waals surface area contributed by atoms with Gasteiger partial charge < -0.3 is 10.00 Å². The Morgan fingerprint density at radius 3 is 2.37 bits per heavy atom. The van der Waals surface area contributed by atoms with Gasteiger partial charge in [0.05, 0.1) is 6.16 Å². The van der Waals surface area contributed by atoms with Crippen LogP contribution in [0.2, 0.25) is 0 Å². The molecule has 0 spiro atoms. The Bertz CT molecular complexity index is 381. The molecule has 2 N–H and O–H groups in total. The van der Waals surface area contributed by atoms with Gasteiger partial charge in [-0.05, 0) is 24.7 Å². The second kappa shape index (κ2) is 7.25. The van der Waals surface area contributed by atoms with Crippen LogP contribution in [-0.4, -0.2) is 28.3 Å². The molecule has 1 saturated carbocycles. The third-order valence-corrected chi connectivity index (χ3v) is 5.56. The van der Waals surface area contributed by atoms with Crippen molar-refractivity contribution in [2.45, 2.75) is 46.0 Å². The number of carboxylic acids is 1. The van der Waals surface area contributed by atoms with Gasteiger partial charge in [0.2, 0.25) is 7.37 Å². The highest BCUT2D eigenvalue weighted by molar-refractivity contribution is 7.58. The molecule has 5 heteroatoms. The Balaban J connectivity index is 2.74. The Hall–Kier alpha value is -0.600. The minimum absolute atomic E-state index is 0.0977. The number of hydrogen-bond donors (Lipinski definition) is 2. The van der Waals surface area contributed by atoms with Crippen molar-refractivity contribution < 1.29 is 19.4 Å². The number of hydrogen-bond acceptors (Lipinski definition) is 2. The maximum Gasteiger partial charge on any atom is 0.331 e. The quantitative estimate of drug-likeness (QED) is 0.579. The van der Waals surface area contributed by atoms with Gasteiger partial charge in [0.1, 0.15) is 0 Å². The minimum atomic E-state index is -3.38. The van der Waals surface area contributed by atoms with E-state index in [0.717, 1.165) is 25.7 Å². The van der Waals surface area contributed by atoms with Crippen molar-refractivity contribution in [1.82, 2.24) is 0 Å². The first-order chi connectivity index (χ1) is 8.80. The van der Waals surface area contributed by atoms with E-state index in [2.05, 4.69) is 0 Å². The maximum absolute atomic E-state index is 12.0. The smallest absolute Gasteiger partial charge is 0.331 e. The zero-order valence-corrected chi connectivity index (χ0v) is 12.7. The Labute approximate surface area is 115 Å². The van der Waals surface area contributed by atoms with Crippen LogP contribution >= 0.6 is 7.37 Å². The standard InChI is InChI=1S/C14H25O4P/c1-11(2)9-19(17,18)10-13(14(15)16)8-12-6-4-3-5-7-12/h8,11-12H,3-7,9-10H2,1-2H3,(H,15,16)(H,17,18). The van der Waals surface area contributed by atoms with Gasteiger partial charge in [0.15, 0.2) is 0 Å². The SMILES string of the molecule is CC(C)CP(=O)(O)CC(=CC1CCCCC1)C(=O)O. The molecule has 0 saturated heterocycles. The van der Waals surface area contributed by atoms with Crippen LogP contribution in [0.3, 0.4) is 0 Å². The molecule has 0 bridgehead atoms. The fourth-order valence-electron chi connectivity index (χ4n) is 2.68. The van der Waals surface area contributed by atoms with E-state index in [-0.39, 0.29) is 29.7 Å². The molecule has 0 aromatic carbocycles. The summed E-state index contributed by atoms with van der Waals surface area (Å²) in [4.78, 5) is 21.1. The van der Waals surface area contributed by atoms with Gasteiger partial charge in [-0.3, -0.25) is 4.57 Å².